The van der Waals surface area contributed by atoms with E-state index in [2.05, 4.69) is 0 Å². The van der Waals surface area contributed by atoms with E-state index >= 15 is 0 Å². The highest BCUT2D eigenvalue weighted by Crippen LogP contribution is 2.26. The molecule has 0 heterocycles. The third-order valence-corrected chi connectivity index (χ3v) is 1.72. The molecule has 2 N–H and O–H groups in total. The van der Waals surface area contributed by atoms with Gasteiger partial charge in [-0.1, -0.05) is 0 Å². The highest BCUT2D eigenvalue weighted by molar-refractivity contribution is 5.66. The molecule has 0 spiro atoms. The molecule has 0 saturated heterocycles. The molecule has 0 atom stereocenters. The van der Waals surface area contributed by atoms with Crippen LogP contribution in [0.1, 0.15) is 5.56 Å². The van der Waals surface area contributed by atoms with Crippen LogP contribution in [0.2, 0.25) is 0 Å². The predicted octanol–water partition coefficient (Wildman–Crippen LogP) is 2.21. The SMILES string of the molecule is N#CC=C(N)c1c(F)c(F)c(F)c(F)c1F. The lowest BCUT2D eigenvalue weighted by molar-refractivity contribution is 0.376. The Labute approximate surface area is 86.4 Å². The van der Waals surface area contributed by atoms with Gasteiger partial charge in [0.05, 0.1) is 17.3 Å². The fourth-order valence-corrected chi connectivity index (χ4v) is 1.00. The topological polar surface area (TPSA) is 49.8 Å². The van der Waals surface area contributed by atoms with Crippen molar-refractivity contribution in [1.82, 2.24) is 0 Å². The molecule has 0 bridgehead atoms. The number of allylic oxidation sites excluding steroid dienone is 1. The van der Waals surface area contributed by atoms with Crippen molar-refractivity contribution in [1.29, 1.82) is 5.26 Å². The number of nitriles is 1. The van der Waals surface area contributed by atoms with Crippen LogP contribution in [0.15, 0.2) is 6.08 Å². The summed E-state index contributed by atoms with van der Waals surface area (Å²) in [6.45, 7) is 0. The first-order valence-electron chi connectivity index (χ1n) is 3.78. The summed E-state index contributed by atoms with van der Waals surface area (Å²) in [4.78, 5) is 0. The van der Waals surface area contributed by atoms with Crippen LogP contribution in [0.25, 0.3) is 5.70 Å². The second-order valence-corrected chi connectivity index (χ2v) is 2.67. The van der Waals surface area contributed by atoms with E-state index in [0.717, 1.165) is 0 Å². The van der Waals surface area contributed by atoms with Gasteiger partial charge in [0.15, 0.2) is 23.3 Å². The third kappa shape index (κ3) is 1.69. The first kappa shape index (κ1) is 12.0. The first-order valence-corrected chi connectivity index (χ1v) is 3.78. The molecule has 0 saturated carbocycles. The van der Waals surface area contributed by atoms with Crippen LogP contribution in [0.3, 0.4) is 0 Å². The number of nitrogens with two attached hydrogens (primary N) is 1. The summed E-state index contributed by atoms with van der Waals surface area (Å²) in [6, 6.07) is 1.31. The van der Waals surface area contributed by atoms with E-state index in [1.807, 2.05) is 0 Å². The largest absolute Gasteiger partial charge is 0.397 e. The molecule has 1 aromatic rings. The summed E-state index contributed by atoms with van der Waals surface area (Å²) in [7, 11) is 0. The van der Waals surface area contributed by atoms with Crippen LogP contribution in [-0.2, 0) is 0 Å². The summed E-state index contributed by atoms with van der Waals surface area (Å²) in [5.74, 6) is -10.6. The highest BCUT2D eigenvalue weighted by atomic mass is 19.2. The van der Waals surface area contributed by atoms with E-state index in [4.69, 9.17) is 11.0 Å². The summed E-state index contributed by atoms with van der Waals surface area (Å²) in [5.41, 5.74) is 2.85. The van der Waals surface area contributed by atoms with Crippen LogP contribution in [-0.4, -0.2) is 0 Å². The molecule has 0 aliphatic rings. The Kier molecular flexibility index (Phi) is 3.13. The first-order chi connectivity index (χ1) is 7.41. The van der Waals surface area contributed by atoms with E-state index in [1.165, 1.54) is 6.07 Å². The maximum atomic E-state index is 13.0. The van der Waals surface area contributed by atoms with Crippen molar-refractivity contribution in [2.75, 3.05) is 0 Å². The van der Waals surface area contributed by atoms with Crippen LogP contribution >= 0.6 is 0 Å². The lowest BCUT2D eigenvalue weighted by Crippen LogP contribution is -2.10. The molecule has 0 aliphatic carbocycles. The van der Waals surface area contributed by atoms with E-state index in [0.29, 0.717) is 6.08 Å². The molecule has 16 heavy (non-hydrogen) atoms. The zero-order valence-corrected chi connectivity index (χ0v) is 7.49. The van der Waals surface area contributed by atoms with Crippen LogP contribution in [0.5, 0.6) is 0 Å². The minimum Gasteiger partial charge on any atom is -0.397 e. The smallest absolute Gasteiger partial charge is 0.200 e. The Morgan fingerprint density at radius 1 is 0.938 bits per heavy atom. The average Bonchev–Trinajstić information content (AvgIpc) is 2.24. The Hall–Kier alpha value is -2.10. The number of rotatable bonds is 1. The monoisotopic (exact) mass is 234 g/mol. The molecule has 0 fully saturated rings. The van der Waals surface area contributed by atoms with Crippen LogP contribution in [0.4, 0.5) is 22.0 Å². The number of halogens is 5. The zero-order chi connectivity index (χ0) is 12.5. The third-order valence-electron chi connectivity index (χ3n) is 1.72. The molecule has 0 aromatic heterocycles. The lowest BCUT2D eigenvalue weighted by Gasteiger charge is -2.07. The van der Waals surface area contributed by atoms with Gasteiger partial charge in [0, 0.05) is 6.08 Å². The van der Waals surface area contributed by atoms with Crippen molar-refractivity contribution in [3.8, 4) is 6.07 Å². The Morgan fingerprint density at radius 2 is 1.31 bits per heavy atom. The maximum absolute atomic E-state index is 13.0. The quantitative estimate of drug-likeness (QED) is 0.350. The summed E-state index contributed by atoms with van der Waals surface area (Å²) < 4.78 is 64.0. The van der Waals surface area contributed by atoms with Crippen molar-refractivity contribution >= 4 is 5.70 Å². The van der Waals surface area contributed by atoms with Crippen molar-refractivity contribution in [3.63, 3.8) is 0 Å². The summed E-state index contributed by atoms with van der Waals surface area (Å²) in [5, 5.41) is 8.16. The van der Waals surface area contributed by atoms with Crippen molar-refractivity contribution < 1.29 is 22.0 Å². The molecule has 2 nitrogen and oxygen atoms in total. The predicted molar refractivity (Wildman–Crippen MR) is 44.0 cm³/mol. The van der Waals surface area contributed by atoms with Gasteiger partial charge in [-0.3, -0.25) is 0 Å². The molecular weight excluding hydrogens is 231 g/mol. The van der Waals surface area contributed by atoms with Gasteiger partial charge in [-0.25, -0.2) is 22.0 Å². The standard InChI is InChI=1S/C9H3F5N2/c10-5-4(3(16)1-2-15)6(11)8(13)9(14)7(5)12/h1H,16H2. The fraction of sp³-hybridized carbons (Fsp3) is 0. The van der Waals surface area contributed by atoms with Gasteiger partial charge in [-0.2, -0.15) is 5.26 Å². The molecule has 1 aromatic carbocycles. The number of hydrogen-bond donors (Lipinski definition) is 1. The van der Waals surface area contributed by atoms with E-state index < -0.39 is 40.3 Å². The second kappa shape index (κ2) is 4.18. The van der Waals surface area contributed by atoms with E-state index in [9.17, 15) is 22.0 Å². The highest BCUT2D eigenvalue weighted by Gasteiger charge is 2.26. The molecule has 0 aliphatic heterocycles. The molecule has 0 radical (unpaired) electrons. The lowest BCUT2D eigenvalue weighted by atomic mass is 10.1. The van der Waals surface area contributed by atoms with Crippen molar-refractivity contribution in [3.05, 3.63) is 40.7 Å². The summed E-state index contributed by atoms with van der Waals surface area (Å²) >= 11 is 0. The van der Waals surface area contributed by atoms with Gasteiger partial charge in [-0.05, 0) is 0 Å². The molecule has 0 unspecified atom stereocenters. The van der Waals surface area contributed by atoms with Crippen molar-refractivity contribution in [2.45, 2.75) is 0 Å². The Morgan fingerprint density at radius 3 is 1.69 bits per heavy atom. The Bertz CT molecular complexity index is 487. The van der Waals surface area contributed by atoms with E-state index in [1.54, 1.807) is 0 Å². The Balaban J connectivity index is 3.66. The van der Waals surface area contributed by atoms with Gasteiger partial charge in [0.25, 0.3) is 0 Å². The number of hydrogen-bond acceptors (Lipinski definition) is 2. The second-order valence-electron chi connectivity index (χ2n) is 2.67. The minimum atomic E-state index is -2.27. The fourth-order valence-electron chi connectivity index (χ4n) is 1.00. The molecule has 0 amide bonds. The molecule has 1 rings (SSSR count). The minimum absolute atomic E-state index is 0.471. The maximum Gasteiger partial charge on any atom is 0.200 e. The van der Waals surface area contributed by atoms with Gasteiger partial charge in [0.1, 0.15) is 0 Å². The molecule has 7 heteroatoms. The average molecular weight is 234 g/mol. The van der Waals surface area contributed by atoms with Gasteiger partial charge in [-0.15, -0.1) is 0 Å². The number of benzene rings is 1. The van der Waals surface area contributed by atoms with Crippen LogP contribution in [0, 0.1) is 40.4 Å². The molecule has 84 valence electrons. The van der Waals surface area contributed by atoms with Gasteiger partial charge < -0.3 is 5.73 Å². The van der Waals surface area contributed by atoms with Gasteiger partial charge >= 0.3 is 0 Å². The normalized spacial score (nSPS) is 11.4. The number of nitrogens with zero attached hydrogens (tertiary/aromatic N) is 1. The summed E-state index contributed by atoms with van der Waals surface area (Å²) in [6.07, 6.45) is 0.471. The zero-order valence-electron chi connectivity index (χ0n) is 7.49. The van der Waals surface area contributed by atoms with Gasteiger partial charge in [0.2, 0.25) is 5.82 Å². The van der Waals surface area contributed by atoms with Crippen molar-refractivity contribution in [2.24, 2.45) is 5.73 Å². The van der Waals surface area contributed by atoms with Crippen LogP contribution < -0.4 is 5.73 Å². The molecular formula is C9H3F5N2. The van der Waals surface area contributed by atoms with E-state index in [-0.39, 0.29) is 0 Å².